The van der Waals surface area contributed by atoms with Crippen molar-refractivity contribution >= 4 is 28.2 Å². The smallest absolute Gasteiger partial charge is 0.280 e. The van der Waals surface area contributed by atoms with Crippen LogP contribution < -0.4 is 5.56 Å². The third kappa shape index (κ3) is 3.41. The molecule has 0 aliphatic carbocycles. The van der Waals surface area contributed by atoms with Crippen LogP contribution in [0.3, 0.4) is 0 Å². The Hall–Kier alpha value is -2.11. The molecule has 0 bridgehead atoms. The molecule has 0 saturated heterocycles. The van der Waals surface area contributed by atoms with E-state index in [-0.39, 0.29) is 11.7 Å². The van der Waals surface area contributed by atoms with Gasteiger partial charge in [-0.3, -0.25) is 9.69 Å². The lowest BCUT2D eigenvalue weighted by atomic mass is 10.1. The van der Waals surface area contributed by atoms with Crippen molar-refractivity contribution in [1.29, 1.82) is 0 Å². The van der Waals surface area contributed by atoms with Crippen LogP contribution in [0.15, 0.2) is 41.4 Å². The van der Waals surface area contributed by atoms with Crippen LogP contribution in [0, 0.1) is 6.92 Å². The van der Waals surface area contributed by atoms with E-state index in [1.807, 2.05) is 25.3 Å². The molecular formula is C20H22ClN3O2. The van der Waals surface area contributed by atoms with Gasteiger partial charge in [0.05, 0.1) is 17.2 Å². The highest BCUT2D eigenvalue weighted by atomic mass is 35.5. The number of aromatic nitrogens is 2. The van der Waals surface area contributed by atoms with E-state index in [1.165, 1.54) is 5.70 Å². The molecule has 3 heterocycles. The summed E-state index contributed by atoms with van der Waals surface area (Å²) >= 11 is 6.07. The van der Waals surface area contributed by atoms with Crippen molar-refractivity contribution < 1.29 is 4.74 Å². The van der Waals surface area contributed by atoms with Crippen molar-refractivity contribution in [3.05, 3.63) is 57.8 Å². The molecule has 0 radical (unpaired) electrons. The van der Waals surface area contributed by atoms with Crippen LogP contribution in [0.1, 0.15) is 25.1 Å². The van der Waals surface area contributed by atoms with Gasteiger partial charge in [0.15, 0.2) is 0 Å². The Morgan fingerprint density at radius 1 is 1.38 bits per heavy atom. The summed E-state index contributed by atoms with van der Waals surface area (Å²) in [6.45, 7) is 4.67. The molecule has 1 aromatic carbocycles. The number of halogens is 1. The van der Waals surface area contributed by atoms with Crippen LogP contribution in [0.4, 0.5) is 0 Å². The zero-order chi connectivity index (χ0) is 18.1. The molecule has 0 unspecified atom stereocenters. The Morgan fingerprint density at radius 3 is 3.00 bits per heavy atom. The number of hydrogen-bond acceptors (Lipinski definition) is 4. The minimum absolute atomic E-state index is 0.225. The molecule has 0 N–H and O–H groups in total. The van der Waals surface area contributed by atoms with Gasteiger partial charge < -0.3 is 9.30 Å². The molecule has 2 aromatic rings. The van der Waals surface area contributed by atoms with E-state index in [0.717, 1.165) is 44.4 Å². The first-order valence-electron chi connectivity index (χ1n) is 9.03. The first-order valence-corrected chi connectivity index (χ1v) is 9.41. The second-order valence-corrected chi connectivity index (χ2v) is 7.31. The normalized spacial score (nSPS) is 20.8. The van der Waals surface area contributed by atoms with E-state index in [1.54, 1.807) is 6.07 Å². The van der Waals surface area contributed by atoms with Crippen LogP contribution in [0.5, 0.6) is 0 Å². The van der Waals surface area contributed by atoms with Crippen LogP contribution in [-0.4, -0.2) is 40.2 Å². The molecule has 0 fully saturated rings. The maximum Gasteiger partial charge on any atom is 0.280 e. The van der Waals surface area contributed by atoms with Crippen LogP contribution in [0.25, 0.3) is 16.6 Å². The van der Waals surface area contributed by atoms with Crippen molar-refractivity contribution in [2.75, 3.05) is 19.6 Å². The molecular weight excluding hydrogens is 350 g/mol. The molecule has 0 spiro atoms. The lowest BCUT2D eigenvalue weighted by molar-refractivity contribution is 0.0826. The summed E-state index contributed by atoms with van der Waals surface area (Å²) in [7, 11) is 0. The largest absolute Gasteiger partial charge is 0.497 e. The van der Waals surface area contributed by atoms with Crippen LogP contribution in [-0.2, 0) is 4.74 Å². The lowest BCUT2D eigenvalue weighted by Crippen LogP contribution is -2.37. The Labute approximate surface area is 157 Å². The van der Waals surface area contributed by atoms with Crippen molar-refractivity contribution in [1.82, 2.24) is 14.5 Å². The van der Waals surface area contributed by atoms with Gasteiger partial charge in [-0.05, 0) is 44.0 Å². The summed E-state index contributed by atoms with van der Waals surface area (Å²) in [4.78, 5) is 18.8. The van der Waals surface area contributed by atoms with Gasteiger partial charge in [0.25, 0.3) is 5.56 Å². The number of fused-ring (bicyclic) bond motifs is 1. The second kappa shape index (κ2) is 7.25. The summed E-state index contributed by atoms with van der Waals surface area (Å²) in [5.41, 5.74) is 1.83. The number of nitrogens with zero attached hydrogens (tertiary/aromatic N) is 3. The molecule has 0 amide bonds. The number of hydrogen-bond donors (Lipinski definition) is 0. The van der Waals surface area contributed by atoms with Crippen molar-refractivity contribution in [2.45, 2.75) is 32.3 Å². The quantitative estimate of drug-likeness (QED) is 0.827. The summed E-state index contributed by atoms with van der Waals surface area (Å²) in [6, 6.07) is 5.43. The average Bonchev–Trinajstić information content (AvgIpc) is 2.64. The van der Waals surface area contributed by atoms with E-state index in [0.29, 0.717) is 16.2 Å². The molecule has 136 valence electrons. The monoisotopic (exact) mass is 371 g/mol. The summed E-state index contributed by atoms with van der Waals surface area (Å²) in [5.74, 6) is 0.713. The number of benzene rings is 1. The minimum Gasteiger partial charge on any atom is -0.497 e. The molecule has 26 heavy (non-hydrogen) atoms. The van der Waals surface area contributed by atoms with Gasteiger partial charge in [-0.25, -0.2) is 0 Å². The first-order chi connectivity index (χ1) is 12.6. The third-order valence-electron chi connectivity index (χ3n) is 5.06. The molecule has 5 nitrogen and oxygen atoms in total. The summed E-state index contributed by atoms with van der Waals surface area (Å²) < 4.78 is 7.78. The molecule has 2 aliphatic rings. The van der Waals surface area contributed by atoms with Crippen molar-refractivity contribution in [2.24, 2.45) is 0 Å². The summed E-state index contributed by atoms with van der Waals surface area (Å²) in [5, 5.41) is 1.12. The minimum atomic E-state index is -0.225. The fraction of sp³-hybridized carbons (Fsp3) is 0.400. The summed E-state index contributed by atoms with van der Waals surface area (Å²) in [6.07, 6.45) is 9.50. The second-order valence-electron chi connectivity index (χ2n) is 6.87. The van der Waals surface area contributed by atoms with Crippen LogP contribution in [0.2, 0.25) is 5.02 Å². The third-order valence-corrected chi connectivity index (χ3v) is 5.29. The molecule has 4 rings (SSSR count). The highest BCUT2D eigenvalue weighted by molar-refractivity contribution is 6.31. The highest BCUT2D eigenvalue weighted by Crippen LogP contribution is 2.24. The highest BCUT2D eigenvalue weighted by Gasteiger charge is 2.20. The van der Waals surface area contributed by atoms with Gasteiger partial charge in [0.2, 0.25) is 0 Å². The first kappa shape index (κ1) is 17.3. The average molecular weight is 372 g/mol. The van der Waals surface area contributed by atoms with Gasteiger partial charge in [-0.2, -0.15) is 4.98 Å². The van der Waals surface area contributed by atoms with E-state index >= 15 is 0 Å². The predicted molar refractivity (Wildman–Crippen MR) is 104 cm³/mol. The van der Waals surface area contributed by atoms with Gasteiger partial charge >= 0.3 is 0 Å². The predicted octanol–water partition coefficient (Wildman–Crippen LogP) is 3.60. The van der Waals surface area contributed by atoms with E-state index in [9.17, 15) is 4.79 Å². The Bertz CT molecular complexity index is 948. The van der Waals surface area contributed by atoms with E-state index in [2.05, 4.69) is 26.6 Å². The van der Waals surface area contributed by atoms with Crippen molar-refractivity contribution in [3.8, 4) is 0 Å². The molecule has 1 atom stereocenters. The number of allylic oxidation sites excluding steroid dienone is 1. The SMILES string of the molecule is Cc1nc(=O)c2cc(Cl)ccc2n1C1=CCN(C[C@H]2CCC=CO2)CC1. The van der Waals surface area contributed by atoms with Gasteiger partial charge in [-0.15, -0.1) is 0 Å². The van der Waals surface area contributed by atoms with E-state index in [4.69, 9.17) is 16.3 Å². The van der Waals surface area contributed by atoms with Crippen LogP contribution >= 0.6 is 11.6 Å². The molecule has 2 aliphatic heterocycles. The molecule has 6 heteroatoms. The maximum atomic E-state index is 12.2. The molecule has 0 saturated carbocycles. The standard InChI is InChI=1S/C20H22ClN3O2/c1-14-22-20(25)18-12-15(21)5-6-19(18)24(14)16-7-9-23(10-8-16)13-17-4-2-3-11-26-17/h3,5-7,11-12,17H,2,4,8-10,13H2,1H3/t17-/m1/s1. The topological polar surface area (TPSA) is 47.4 Å². The Balaban J connectivity index is 1.60. The zero-order valence-electron chi connectivity index (χ0n) is 14.8. The fourth-order valence-electron chi connectivity index (χ4n) is 3.75. The zero-order valence-corrected chi connectivity index (χ0v) is 15.6. The Kier molecular flexibility index (Phi) is 4.83. The van der Waals surface area contributed by atoms with Gasteiger partial charge in [0.1, 0.15) is 11.9 Å². The number of ether oxygens (including phenoxy) is 1. The van der Waals surface area contributed by atoms with E-state index < -0.39 is 0 Å². The Morgan fingerprint density at radius 2 is 2.27 bits per heavy atom. The number of aryl methyl sites for hydroxylation is 1. The lowest BCUT2D eigenvalue weighted by Gasteiger charge is -2.31. The molecule has 1 aromatic heterocycles. The van der Waals surface area contributed by atoms with Gasteiger partial charge in [-0.1, -0.05) is 17.7 Å². The number of rotatable bonds is 3. The van der Waals surface area contributed by atoms with Crippen molar-refractivity contribution in [3.63, 3.8) is 0 Å². The fourth-order valence-corrected chi connectivity index (χ4v) is 3.92. The maximum absolute atomic E-state index is 12.2. The van der Waals surface area contributed by atoms with Gasteiger partial charge in [0, 0.05) is 36.8 Å².